The van der Waals surface area contributed by atoms with Crippen LogP contribution in [0.3, 0.4) is 0 Å². The molecule has 0 bridgehead atoms. The number of carbonyl (C=O) groups excluding carboxylic acids is 1. The SMILES string of the molecule is Cc1ccc(NC(=O)C2(C)CCNCC2)cc1O. The third-order valence-corrected chi connectivity index (χ3v) is 3.72. The number of rotatable bonds is 2. The van der Waals surface area contributed by atoms with Crippen molar-refractivity contribution in [1.82, 2.24) is 5.32 Å². The Kier molecular flexibility index (Phi) is 3.57. The number of phenols is 1. The smallest absolute Gasteiger partial charge is 0.230 e. The molecule has 0 aromatic heterocycles. The van der Waals surface area contributed by atoms with E-state index in [4.69, 9.17) is 0 Å². The van der Waals surface area contributed by atoms with Gasteiger partial charge in [0.05, 0.1) is 0 Å². The molecule has 1 aromatic carbocycles. The predicted molar refractivity (Wildman–Crippen MR) is 71.7 cm³/mol. The maximum absolute atomic E-state index is 12.3. The van der Waals surface area contributed by atoms with Crippen LogP contribution in [0.25, 0.3) is 0 Å². The summed E-state index contributed by atoms with van der Waals surface area (Å²) in [5.74, 6) is 0.246. The summed E-state index contributed by atoms with van der Waals surface area (Å²) in [4.78, 5) is 12.3. The van der Waals surface area contributed by atoms with Crippen LogP contribution in [0.5, 0.6) is 5.75 Å². The van der Waals surface area contributed by atoms with Crippen LogP contribution in [0, 0.1) is 12.3 Å². The maximum Gasteiger partial charge on any atom is 0.230 e. The van der Waals surface area contributed by atoms with Crippen LogP contribution in [0.4, 0.5) is 5.69 Å². The van der Waals surface area contributed by atoms with E-state index in [9.17, 15) is 9.90 Å². The number of hydrogen-bond donors (Lipinski definition) is 3. The minimum absolute atomic E-state index is 0.0345. The predicted octanol–water partition coefficient (Wildman–Crippen LogP) is 2.03. The molecule has 1 aromatic rings. The lowest BCUT2D eigenvalue weighted by Gasteiger charge is -2.32. The lowest BCUT2D eigenvalue weighted by molar-refractivity contribution is -0.126. The number of hydrogen-bond acceptors (Lipinski definition) is 3. The molecule has 3 N–H and O–H groups in total. The van der Waals surface area contributed by atoms with Gasteiger partial charge in [-0.1, -0.05) is 13.0 Å². The van der Waals surface area contributed by atoms with Crippen molar-refractivity contribution in [3.63, 3.8) is 0 Å². The van der Waals surface area contributed by atoms with Gasteiger partial charge in [0.15, 0.2) is 0 Å². The van der Waals surface area contributed by atoms with E-state index in [1.807, 2.05) is 19.9 Å². The van der Waals surface area contributed by atoms with Crippen LogP contribution in [0.15, 0.2) is 18.2 Å². The summed E-state index contributed by atoms with van der Waals surface area (Å²) in [5.41, 5.74) is 1.15. The zero-order valence-electron chi connectivity index (χ0n) is 10.9. The molecule has 0 aliphatic carbocycles. The average molecular weight is 248 g/mol. The van der Waals surface area contributed by atoms with Crippen LogP contribution in [0.2, 0.25) is 0 Å². The Bertz CT molecular complexity index is 451. The summed E-state index contributed by atoms with van der Waals surface area (Å²) < 4.78 is 0. The van der Waals surface area contributed by atoms with Crippen LogP contribution in [0.1, 0.15) is 25.3 Å². The third-order valence-electron chi connectivity index (χ3n) is 3.72. The van der Waals surface area contributed by atoms with E-state index in [1.165, 1.54) is 0 Å². The van der Waals surface area contributed by atoms with Gasteiger partial charge in [-0.15, -0.1) is 0 Å². The number of carbonyl (C=O) groups is 1. The molecule has 1 saturated heterocycles. The number of amides is 1. The first-order chi connectivity index (χ1) is 8.51. The minimum Gasteiger partial charge on any atom is -0.508 e. The van der Waals surface area contributed by atoms with Crippen LogP contribution in [-0.2, 0) is 4.79 Å². The van der Waals surface area contributed by atoms with Crippen molar-refractivity contribution in [1.29, 1.82) is 0 Å². The normalized spacial score (nSPS) is 18.3. The van der Waals surface area contributed by atoms with Gasteiger partial charge in [-0.3, -0.25) is 4.79 Å². The Hall–Kier alpha value is -1.55. The molecule has 0 unspecified atom stereocenters. The summed E-state index contributed by atoms with van der Waals surface area (Å²) in [5, 5.41) is 15.8. The van der Waals surface area contributed by atoms with Crippen LogP contribution >= 0.6 is 0 Å². The lowest BCUT2D eigenvalue weighted by atomic mass is 9.80. The van der Waals surface area contributed by atoms with Crippen molar-refractivity contribution >= 4 is 11.6 Å². The lowest BCUT2D eigenvalue weighted by Crippen LogP contribution is -2.42. The highest BCUT2D eigenvalue weighted by molar-refractivity contribution is 5.95. The Morgan fingerprint density at radius 2 is 2.06 bits per heavy atom. The van der Waals surface area contributed by atoms with Gasteiger partial charge >= 0.3 is 0 Å². The largest absolute Gasteiger partial charge is 0.508 e. The second-order valence-electron chi connectivity index (χ2n) is 5.27. The van der Waals surface area contributed by atoms with Crippen molar-refractivity contribution in [2.45, 2.75) is 26.7 Å². The Labute approximate surface area is 107 Å². The van der Waals surface area contributed by atoms with E-state index < -0.39 is 0 Å². The Morgan fingerprint density at radius 3 is 2.67 bits per heavy atom. The van der Waals surface area contributed by atoms with E-state index >= 15 is 0 Å². The van der Waals surface area contributed by atoms with Gasteiger partial charge in [-0.05, 0) is 44.5 Å². The number of aryl methyl sites for hydroxylation is 1. The van der Waals surface area contributed by atoms with E-state index in [0.717, 1.165) is 31.5 Å². The second-order valence-corrected chi connectivity index (χ2v) is 5.27. The van der Waals surface area contributed by atoms with E-state index in [1.54, 1.807) is 12.1 Å². The molecule has 1 amide bonds. The van der Waals surface area contributed by atoms with Gasteiger partial charge in [0.2, 0.25) is 5.91 Å². The summed E-state index contributed by atoms with van der Waals surface area (Å²) in [7, 11) is 0. The van der Waals surface area contributed by atoms with E-state index in [-0.39, 0.29) is 17.1 Å². The quantitative estimate of drug-likeness (QED) is 0.750. The highest BCUT2D eigenvalue weighted by atomic mass is 16.3. The molecule has 0 radical (unpaired) electrons. The molecule has 0 spiro atoms. The first-order valence-corrected chi connectivity index (χ1v) is 6.33. The Balaban J connectivity index is 2.08. The fourth-order valence-electron chi connectivity index (χ4n) is 2.17. The monoisotopic (exact) mass is 248 g/mol. The molecule has 4 heteroatoms. The number of anilines is 1. The molecule has 1 aliphatic rings. The standard InChI is InChI=1S/C14H20N2O2/c1-10-3-4-11(9-12(10)17)16-13(18)14(2)5-7-15-8-6-14/h3-4,9,15,17H,5-8H2,1-2H3,(H,16,18). The van der Waals surface area contributed by atoms with Gasteiger partial charge in [0.1, 0.15) is 5.75 Å². The molecule has 0 atom stereocenters. The first-order valence-electron chi connectivity index (χ1n) is 6.33. The molecule has 1 fully saturated rings. The van der Waals surface area contributed by atoms with Gasteiger partial charge < -0.3 is 15.7 Å². The Morgan fingerprint density at radius 1 is 1.39 bits per heavy atom. The highest BCUT2D eigenvalue weighted by Gasteiger charge is 2.34. The zero-order chi connectivity index (χ0) is 13.2. The number of piperidine rings is 1. The molecular formula is C14H20N2O2. The first kappa shape index (κ1) is 12.9. The molecular weight excluding hydrogens is 228 g/mol. The maximum atomic E-state index is 12.3. The van der Waals surface area contributed by atoms with E-state index in [0.29, 0.717) is 5.69 Å². The van der Waals surface area contributed by atoms with Gasteiger partial charge in [-0.2, -0.15) is 0 Å². The number of benzene rings is 1. The third kappa shape index (κ3) is 2.64. The second kappa shape index (κ2) is 4.98. The molecule has 0 saturated carbocycles. The molecule has 1 aliphatic heterocycles. The zero-order valence-corrected chi connectivity index (χ0v) is 10.9. The topological polar surface area (TPSA) is 61.4 Å². The van der Waals surface area contributed by atoms with Gasteiger partial charge in [0.25, 0.3) is 0 Å². The molecule has 1 heterocycles. The van der Waals surface area contributed by atoms with Gasteiger partial charge in [0, 0.05) is 17.2 Å². The minimum atomic E-state index is -0.314. The number of phenolic OH excluding ortho intramolecular Hbond substituents is 1. The molecule has 18 heavy (non-hydrogen) atoms. The average Bonchev–Trinajstić information content (AvgIpc) is 2.35. The molecule has 98 valence electrons. The number of aromatic hydroxyl groups is 1. The summed E-state index contributed by atoms with van der Waals surface area (Å²) in [6, 6.07) is 5.21. The number of nitrogens with one attached hydrogen (secondary N) is 2. The van der Waals surface area contributed by atoms with Crippen molar-refractivity contribution < 1.29 is 9.90 Å². The van der Waals surface area contributed by atoms with Crippen molar-refractivity contribution in [2.24, 2.45) is 5.41 Å². The van der Waals surface area contributed by atoms with Crippen molar-refractivity contribution in [3.8, 4) is 5.75 Å². The highest BCUT2D eigenvalue weighted by Crippen LogP contribution is 2.30. The van der Waals surface area contributed by atoms with Crippen LogP contribution < -0.4 is 10.6 Å². The van der Waals surface area contributed by atoms with Crippen molar-refractivity contribution in [3.05, 3.63) is 23.8 Å². The molecule has 4 nitrogen and oxygen atoms in total. The van der Waals surface area contributed by atoms with Crippen molar-refractivity contribution in [2.75, 3.05) is 18.4 Å². The van der Waals surface area contributed by atoms with Gasteiger partial charge in [-0.25, -0.2) is 0 Å². The summed E-state index contributed by atoms with van der Waals surface area (Å²) in [6.45, 7) is 5.58. The summed E-state index contributed by atoms with van der Waals surface area (Å²) in [6.07, 6.45) is 1.69. The summed E-state index contributed by atoms with van der Waals surface area (Å²) >= 11 is 0. The van der Waals surface area contributed by atoms with Crippen LogP contribution in [-0.4, -0.2) is 24.1 Å². The fourth-order valence-corrected chi connectivity index (χ4v) is 2.17. The molecule has 2 rings (SSSR count). The fraction of sp³-hybridized carbons (Fsp3) is 0.500. The van der Waals surface area contributed by atoms with E-state index in [2.05, 4.69) is 10.6 Å².